The molecule has 116 valence electrons. The Hall–Kier alpha value is 0.380. The molecule has 0 aliphatic heterocycles. The molecular formula is C14H17BrClNO2S2. The predicted molar refractivity (Wildman–Crippen MR) is 88.2 cm³/mol. The molecule has 1 heterocycles. The summed E-state index contributed by atoms with van der Waals surface area (Å²) in [5.41, 5.74) is 0. The van der Waals surface area contributed by atoms with Crippen LogP contribution in [0.4, 0.5) is 0 Å². The monoisotopic (exact) mass is 409 g/mol. The van der Waals surface area contributed by atoms with Crippen LogP contribution in [0.2, 0.25) is 5.02 Å². The molecule has 0 amide bonds. The minimum Gasteiger partial charge on any atom is -0.207 e. The Balaban J connectivity index is 1.58. The molecule has 4 aliphatic rings. The van der Waals surface area contributed by atoms with Crippen molar-refractivity contribution >= 4 is 48.9 Å². The highest BCUT2D eigenvalue weighted by molar-refractivity contribution is 9.11. The Morgan fingerprint density at radius 3 is 2.19 bits per heavy atom. The van der Waals surface area contributed by atoms with E-state index in [0.29, 0.717) is 24.9 Å². The summed E-state index contributed by atoms with van der Waals surface area (Å²) in [4.78, 5) is 0. The van der Waals surface area contributed by atoms with E-state index in [-0.39, 0.29) is 6.04 Å². The predicted octanol–water partition coefficient (Wildman–Crippen LogP) is 4.27. The van der Waals surface area contributed by atoms with Gasteiger partial charge in [0.1, 0.15) is 4.21 Å². The number of rotatable bonds is 3. The molecule has 4 aliphatic carbocycles. The van der Waals surface area contributed by atoms with Gasteiger partial charge in [0, 0.05) is 6.04 Å². The Morgan fingerprint density at radius 1 is 1.14 bits per heavy atom. The average molecular weight is 411 g/mol. The second-order valence-corrected chi connectivity index (χ2v) is 11.5. The molecule has 0 aromatic carbocycles. The summed E-state index contributed by atoms with van der Waals surface area (Å²) in [6.07, 6.45) is 6.19. The van der Waals surface area contributed by atoms with Gasteiger partial charge in [-0.25, -0.2) is 13.1 Å². The third kappa shape index (κ3) is 2.61. The largest absolute Gasteiger partial charge is 0.250 e. The first-order valence-electron chi connectivity index (χ1n) is 7.39. The van der Waals surface area contributed by atoms with Crippen molar-refractivity contribution in [2.75, 3.05) is 0 Å². The van der Waals surface area contributed by atoms with Gasteiger partial charge in [-0.3, -0.25) is 0 Å². The maximum Gasteiger partial charge on any atom is 0.250 e. The van der Waals surface area contributed by atoms with Gasteiger partial charge < -0.3 is 0 Å². The zero-order valence-corrected chi connectivity index (χ0v) is 15.4. The third-order valence-corrected chi connectivity index (χ3v) is 9.81. The summed E-state index contributed by atoms with van der Waals surface area (Å²) in [5.74, 6) is 2.77. The molecule has 0 atom stereocenters. The van der Waals surface area contributed by atoms with Crippen molar-refractivity contribution in [2.24, 2.45) is 23.7 Å². The van der Waals surface area contributed by atoms with E-state index >= 15 is 0 Å². The van der Waals surface area contributed by atoms with E-state index in [1.807, 2.05) is 0 Å². The molecule has 5 rings (SSSR count). The summed E-state index contributed by atoms with van der Waals surface area (Å²) >= 11 is 10.4. The van der Waals surface area contributed by atoms with Crippen molar-refractivity contribution < 1.29 is 8.42 Å². The lowest BCUT2D eigenvalue weighted by molar-refractivity contribution is -0.00556. The number of thiophene rings is 1. The fourth-order valence-electron chi connectivity index (χ4n) is 4.81. The summed E-state index contributed by atoms with van der Waals surface area (Å²) in [6, 6.07) is 1.66. The summed E-state index contributed by atoms with van der Waals surface area (Å²) in [6.45, 7) is 0. The highest BCUT2D eigenvalue weighted by atomic mass is 79.9. The van der Waals surface area contributed by atoms with Gasteiger partial charge in [-0.05, 0) is 77.8 Å². The first kappa shape index (κ1) is 14.9. The molecule has 0 unspecified atom stereocenters. The lowest BCUT2D eigenvalue weighted by Crippen LogP contribution is -2.55. The van der Waals surface area contributed by atoms with Crippen LogP contribution in [0.3, 0.4) is 0 Å². The number of sulfonamides is 1. The van der Waals surface area contributed by atoms with Gasteiger partial charge in [0.2, 0.25) is 10.0 Å². The molecule has 21 heavy (non-hydrogen) atoms. The maximum absolute atomic E-state index is 12.6. The van der Waals surface area contributed by atoms with Crippen LogP contribution < -0.4 is 4.72 Å². The summed E-state index contributed by atoms with van der Waals surface area (Å²) < 4.78 is 29.2. The molecule has 3 nitrogen and oxygen atoms in total. The van der Waals surface area contributed by atoms with Gasteiger partial charge in [-0.1, -0.05) is 11.6 Å². The molecule has 0 spiro atoms. The van der Waals surface area contributed by atoms with Crippen LogP contribution in [-0.2, 0) is 10.0 Å². The fourth-order valence-corrected chi connectivity index (χ4v) is 8.60. The van der Waals surface area contributed by atoms with Crippen LogP contribution >= 0.6 is 38.9 Å². The van der Waals surface area contributed by atoms with Crippen LogP contribution in [0.15, 0.2) is 14.1 Å². The van der Waals surface area contributed by atoms with E-state index in [0.717, 1.165) is 11.8 Å². The van der Waals surface area contributed by atoms with Crippen molar-refractivity contribution in [2.45, 2.75) is 42.4 Å². The molecule has 4 saturated carbocycles. The van der Waals surface area contributed by atoms with E-state index in [1.165, 1.54) is 49.5 Å². The van der Waals surface area contributed by atoms with E-state index < -0.39 is 10.0 Å². The van der Waals surface area contributed by atoms with Crippen molar-refractivity contribution in [3.8, 4) is 0 Å². The zero-order valence-electron chi connectivity index (χ0n) is 11.4. The minimum absolute atomic E-state index is 0.127. The second kappa shape index (κ2) is 5.20. The highest BCUT2D eigenvalue weighted by Gasteiger charge is 2.49. The standard InChI is InChI=1S/C14H17BrClNO2S2/c15-14-11(16)6-12(20-14)21(18,19)17-13-9-2-7-1-8(4-9)5-10(13)3-7/h6-10,13,17H,1-5H2. The average Bonchev–Trinajstić information content (AvgIpc) is 2.74. The lowest BCUT2D eigenvalue weighted by atomic mass is 9.54. The highest BCUT2D eigenvalue weighted by Crippen LogP contribution is 2.54. The lowest BCUT2D eigenvalue weighted by Gasteiger charge is -2.54. The van der Waals surface area contributed by atoms with Crippen molar-refractivity contribution in [3.05, 3.63) is 14.9 Å². The van der Waals surface area contributed by atoms with Gasteiger partial charge in [-0.2, -0.15) is 0 Å². The van der Waals surface area contributed by atoms with Gasteiger partial charge in [-0.15, -0.1) is 11.3 Å². The van der Waals surface area contributed by atoms with Crippen LogP contribution in [0.5, 0.6) is 0 Å². The van der Waals surface area contributed by atoms with E-state index in [4.69, 9.17) is 11.6 Å². The van der Waals surface area contributed by atoms with Gasteiger partial charge >= 0.3 is 0 Å². The van der Waals surface area contributed by atoms with E-state index in [9.17, 15) is 8.42 Å². The van der Waals surface area contributed by atoms with E-state index in [2.05, 4.69) is 20.7 Å². The van der Waals surface area contributed by atoms with E-state index in [1.54, 1.807) is 0 Å². The Morgan fingerprint density at radius 2 is 1.71 bits per heavy atom. The molecule has 4 bridgehead atoms. The minimum atomic E-state index is -3.45. The summed E-state index contributed by atoms with van der Waals surface area (Å²) in [7, 11) is -3.45. The maximum atomic E-state index is 12.6. The Labute approximate surface area is 142 Å². The van der Waals surface area contributed by atoms with Crippen molar-refractivity contribution in [1.29, 1.82) is 0 Å². The Bertz CT molecular complexity index is 625. The van der Waals surface area contributed by atoms with Gasteiger partial charge in [0.25, 0.3) is 0 Å². The van der Waals surface area contributed by atoms with Crippen LogP contribution in [-0.4, -0.2) is 14.5 Å². The molecule has 1 aromatic rings. The topological polar surface area (TPSA) is 46.2 Å². The molecule has 7 heteroatoms. The molecular weight excluding hydrogens is 394 g/mol. The van der Waals surface area contributed by atoms with Gasteiger partial charge in [0.05, 0.1) is 8.81 Å². The number of halogens is 2. The second-order valence-electron chi connectivity index (χ2n) is 6.76. The first-order chi connectivity index (χ1) is 9.92. The van der Waals surface area contributed by atoms with Gasteiger partial charge in [0.15, 0.2) is 0 Å². The molecule has 4 fully saturated rings. The molecule has 0 saturated heterocycles. The third-order valence-electron chi connectivity index (χ3n) is 5.41. The van der Waals surface area contributed by atoms with Crippen LogP contribution in [0.25, 0.3) is 0 Å². The Kier molecular flexibility index (Phi) is 3.70. The number of nitrogens with one attached hydrogen (secondary N) is 1. The quantitative estimate of drug-likeness (QED) is 0.809. The SMILES string of the molecule is O=S(=O)(NC1C2CC3CC(C2)CC1C3)c1cc(Cl)c(Br)s1. The number of hydrogen-bond acceptors (Lipinski definition) is 3. The molecule has 1 aromatic heterocycles. The van der Waals surface area contributed by atoms with Crippen molar-refractivity contribution in [3.63, 3.8) is 0 Å². The summed E-state index contributed by atoms with van der Waals surface area (Å²) in [5, 5.41) is 0.463. The van der Waals surface area contributed by atoms with Crippen LogP contribution in [0, 0.1) is 23.7 Å². The molecule has 1 N–H and O–H groups in total. The van der Waals surface area contributed by atoms with Crippen molar-refractivity contribution in [1.82, 2.24) is 4.72 Å². The smallest absolute Gasteiger partial charge is 0.207 e. The zero-order chi connectivity index (χ0) is 14.8. The fraction of sp³-hybridized carbons (Fsp3) is 0.714. The normalized spacial score (nSPS) is 38.1. The molecule has 0 radical (unpaired) electrons. The van der Waals surface area contributed by atoms with Crippen LogP contribution in [0.1, 0.15) is 32.1 Å². The number of hydrogen-bond donors (Lipinski definition) is 1. The first-order valence-corrected chi connectivity index (χ1v) is 10.9.